The highest BCUT2D eigenvalue weighted by Gasteiger charge is 2.22. The molecule has 0 aliphatic heterocycles. The van der Waals surface area contributed by atoms with Crippen LogP contribution in [0.1, 0.15) is 37.9 Å². The number of hydrogen-bond donors (Lipinski definition) is 1. The van der Waals surface area contributed by atoms with Gasteiger partial charge >= 0.3 is 0 Å². The highest BCUT2D eigenvalue weighted by molar-refractivity contribution is 5.43. The molecule has 1 N–H and O–H groups in total. The van der Waals surface area contributed by atoms with Crippen LogP contribution in [0.25, 0.3) is 5.69 Å². The second kappa shape index (κ2) is 10.2. The summed E-state index contributed by atoms with van der Waals surface area (Å²) in [5.41, 5.74) is 2.95. The SMILES string of the molecule is CCCN(Cc1c(C)nn(-c2ccccc2)c1Oc1ccccc1)CC(O)CC. The molecule has 1 heterocycles. The fraction of sp³-hybridized carbons (Fsp3) is 0.375. The van der Waals surface area contributed by atoms with Gasteiger partial charge in [0.05, 0.1) is 23.0 Å². The van der Waals surface area contributed by atoms with Crippen LogP contribution in [0.5, 0.6) is 11.6 Å². The molecule has 29 heavy (non-hydrogen) atoms. The van der Waals surface area contributed by atoms with Crippen LogP contribution in [0.4, 0.5) is 0 Å². The van der Waals surface area contributed by atoms with Crippen LogP contribution in [0, 0.1) is 6.92 Å². The van der Waals surface area contributed by atoms with Gasteiger partial charge in [-0.25, -0.2) is 4.68 Å². The van der Waals surface area contributed by atoms with E-state index in [1.54, 1.807) is 0 Å². The van der Waals surface area contributed by atoms with Crippen molar-refractivity contribution < 1.29 is 9.84 Å². The van der Waals surface area contributed by atoms with Crippen LogP contribution in [0.3, 0.4) is 0 Å². The van der Waals surface area contributed by atoms with E-state index in [0.29, 0.717) is 13.1 Å². The van der Waals surface area contributed by atoms with Crippen molar-refractivity contribution in [1.82, 2.24) is 14.7 Å². The van der Waals surface area contributed by atoms with Crippen molar-refractivity contribution in [3.63, 3.8) is 0 Å². The van der Waals surface area contributed by atoms with Crippen molar-refractivity contribution in [2.75, 3.05) is 13.1 Å². The summed E-state index contributed by atoms with van der Waals surface area (Å²) in [7, 11) is 0. The molecule has 0 saturated heterocycles. The lowest BCUT2D eigenvalue weighted by atomic mass is 10.2. The Morgan fingerprint density at radius 3 is 2.31 bits per heavy atom. The van der Waals surface area contributed by atoms with Gasteiger partial charge in [-0.15, -0.1) is 0 Å². The van der Waals surface area contributed by atoms with Crippen molar-refractivity contribution in [3.8, 4) is 17.3 Å². The van der Waals surface area contributed by atoms with Crippen LogP contribution < -0.4 is 4.74 Å². The minimum atomic E-state index is -0.329. The molecular weight excluding hydrogens is 362 g/mol. The summed E-state index contributed by atoms with van der Waals surface area (Å²) in [5, 5.41) is 15.0. The van der Waals surface area contributed by atoms with Gasteiger partial charge in [-0.2, -0.15) is 5.10 Å². The first-order valence-corrected chi connectivity index (χ1v) is 10.4. The molecule has 2 aromatic carbocycles. The van der Waals surface area contributed by atoms with Crippen LogP contribution >= 0.6 is 0 Å². The Balaban J connectivity index is 1.99. The predicted octanol–water partition coefficient (Wildman–Crippen LogP) is 4.96. The topological polar surface area (TPSA) is 50.5 Å². The lowest BCUT2D eigenvalue weighted by Crippen LogP contribution is -2.32. The highest BCUT2D eigenvalue weighted by atomic mass is 16.5. The summed E-state index contributed by atoms with van der Waals surface area (Å²) in [4.78, 5) is 2.28. The predicted molar refractivity (Wildman–Crippen MR) is 117 cm³/mol. The fourth-order valence-electron chi connectivity index (χ4n) is 3.37. The average molecular weight is 394 g/mol. The monoisotopic (exact) mass is 393 g/mol. The molecule has 5 nitrogen and oxygen atoms in total. The molecule has 154 valence electrons. The summed E-state index contributed by atoms with van der Waals surface area (Å²) in [6.45, 7) is 8.44. The summed E-state index contributed by atoms with van der Waals surface area (Å²) < 4.78 is 8.21. The van der Waals surface area contributed by atoms with Gasteiger partial charge in [-0.05, 0) is 50.6 Å². The Labute approximate surface area is 173 Å². The largest absolute Gasteiger partial charge is 0.439 e. The zero-order valence-electron chi connectivity index (χ0n) is 17.6. The minimum Gasteiger partial charge on any atom is -0.439 e. The Morgan fingerprint density at radius 2 is 1.69 bits per heavy atom. The highest BCUT2D eigenvalue weighted by Crippen LogP contribution is 2.31. The van der Waals surface area contributed by atoms with Gasteiger partial charge in [0.15, 0.2) is 0 Å². The summed E-state index contributed by atoms with van der Waals surface area (Å²) >= 11 is 0. The summed E-state index contributed by atoms with van der Waals surface area (Å²) in [5.74, 6) is 1.51. The number of benzene rings is 2. The number of aromatic nitrogens is 2. The molecule has 1 unspecified atom stereocenters. The Morgan fingerprint density at radius 1 is 1.03 bits per heavy atom. The third-order valence-corrected chi connectivity index (χ3v) is 4.96. The van der Waals surface area contributed by atoms with Gasteiger partial charge in [-0.1, -0.05) is 50.2 Å². The standard InChI is InChI=1S/C24H31N3O2/c1-4-16-26(17-21(28)5-2)18-23-19(3)25-27(20-12-8-6-9-13-20)24(23)29-22-14-10-7-11-15-22/h6-15,21,28H,4-5,16-18H2,1-3H3. The number of hydrogen-bond acceptors (Lipinski definition) is 4. The molecule has 0 bridgehead atoms. The zero-order valence-corrected chi connectivity index (χ0v) is 17.6. The number of aryl methyl sites for hydroxylation is 1. The van der Waals surface area contributed by atoms with Crippen LogP contribution in [-0.2, 0) is 6.54 Å². The molecule has 0 saturated carbocycles. The van der Waals surface area contributed by atoms with Crippen LogP contribution in [0.2, 0.25) is 0 Å². The van der Waals surface area contributed by atoms with E-state index in [-0.39, 0.29) is 6.10 Å². The first-order valence-electron chi connectivity index (χ1n) is 10.4. The second-order valence-corrected chi connectivity index (χ2v) is 7.33. The average Bonchev–Trinajstić information content (AvgIpc) is 3.05. The lowest BCUT2D eigenvalue weighted by Gasteiger charge is -2.24. The van der Waals surface area contributed by atoms with Crippen molar-refractivity contribution in [3.05, 3.63) is 71.9 Å². The third-order valence-electron chi connectivity index (χ3n) is 4.96. The van der Waals surface area contributed by atoms with Crippen LogP contribution in [-0.4, -0.2) is 39.0 Å². The Kier molecular flexibility index (Phi) is 7.44. The van der Waals surface area contributed by atoms with E-state index in [9.17, 15) is 5.11 Å². The van der Waals surface area contributed by atoms with Gasteiger partial charge in [0, 0.05) is 13.1 Å². The normalized spacial score (nSPS) is 12.3. The number of aliphatic hydroxyl groups is 1. The first kappa shape index (κ1) is 21.1. The molecule has 0 aliphatic rings. The first-order chi connectivity index (χ1) is 14.1. The van der Waals surface area contributed by atoms with E-state index in [2.05, 4.69) is 11.8 Å². The third kappa shape index (κ3) is 5.46. The molecule has 0 spiro atoms. The molecule has 0 radical (unpaired) electrons. The van der Waals surface area contributed by atoms with E-state index in [1.165, 1.54) is 0 Å². The van der Waals surface area contributed by atoms with Gasteiger partial charge in [0.2, 0.25) is 5.88 Å². The quantitative estimate of drug-likeness (QED) is 0.529. The molecule has 0 amide bonds. The van der Waals surface area contributed by atoms with Gasteiger partial charge in [0.25, 0.3) is 0 Å². The van der Waals surface area contributed by atoms with Crippen molar-refractivity contribution in [2.24, 2.45) is 0 Å². The van der Waals surface area contributed by atoms with Crippen molar-refractivity contribution in [1.29, 1.82) is 0 Å². The molecule has 0 aliphatic carbocycles. The van der Waals surface area contributed by atoms with E-state index in [1.807, 2.05) is 79.2 Å². The molecule has 1 atom stereocenters. The lowest BCUT2D eigenvalue weighted by molar-refractivity contribution is 0.105. The molecule has 0 fully saturated rings. The maximum Gasteiger partial charge on any atom is 0.227 e. The number of rotatable bonds is 10. The van der Waals surface area contributed by atoms with E-state index in [4.69, 9.17) is 9.84 Å². The van der Waals surface area contributed by atoms with E-state index in [0.717, 1.165) is 48.0 Å². The fourth-order valence-corrected chi connectivity index (χ4v) is 3.37. The number of nitrogens with zero attached hydrogens (tertiary/aromatic N) is 3. The summed E-state index contributed by atoms with van der Waals surface area (Å²) in [6, 6.07) is 19.8. The number of aliphatic hydroxyl groups excluding tert-OH is 1. The molecule has 3 rings (SSSR count). The van der Waals surface area contributed by atoms with Gasteiger partial charge in [-0.3, -0.25) is 4.90 Å². The number of para-hydroxylation sites is 2. The summed E-state index contributed by atoms with van der Waals surface area (Å²) in [6.07, 6.45) is 1.44. The maximum atomic E-state index is 10.2. The second-order valence-electron chi connectivity index (χ2n) is 7.33. The molecule has 5 heteroatoms. The maximum absolute atomic E-state index is 10.2. The zero-order chi connectivity index (χ0) is 20.6. The van der Waals surface area contributed by atoms with E-state index < -0.39 is 0 Å². The number of ether oxygens (including phenoxy) is 1. The molecule has 3 aromatic rings. The van der Waals surface area contributed by atoms with Crippen molar-refractivity contribution >= 4 is 0 Å². The minimum absolute atomic E-state index is 0.329. The molecular formula is C24H31N3O2. The Bertz CT molecular complexity index is 878. The van der Waals surface area contributed by atoms with E-state index >= 15 is 0 Å². The molecule has 1 aromatic heterocycles. The Hall–Kier alpha value is -2.63. The van der Waals surface area contributed by atoms with Gasteiger partial charge in [0.1, 0.15) is 5.75 Å². The van der Waals surface area contributed by atoms with Crippen LogP contribution in [0.15, 0.2) is 60.7 Å². The van der Waals surface area contributed by atoms with Gasteiger partial charge < -0.3 is 9.84 Å². The smallest absolute Gasteiger partial charge is 0.227 e. The van der Waals surface area contributed by atoms with Crippen molar-refractivity contribution in [2.45, 2.75) is 46.3 Å².